The van der Waals surface area contributed by atoms with Crippen molar-refractivity contribution in [2.75, 3.05) is 6.61 Å². The number of unbranched alkanes of at least 4 members (excludes halogenated alkanes) is 5. The van der Waals surface area contributed by atoms with Crippen molar-refractivity contribution in [1.82, 2.24) is 0 Å². The van der Waals surface area contributed by atoms with Gasteiger partial charge in [-0.25, -0.2) is 4.79 Å². The predicted molar refractivity (Wildman–Crippen MR) is 121 cm³/mol. The lowest BCUT2D eigenvalue weighted by molar-refractivity contribution is 0.0697. The topological polar surface area (TPSA) is 70.3 Å². The Kier molecular flexibility index (Phi) is 9.94. The third kappa shape index (κ3) is 7.55. The number of aromatic carboxylic acids is 1. The van der Waals surface area contributed by atoms with Crippen molar-refractivity contribution < 1.29 is 14.6 Å². The van der Waals surface area contributed by atoms with E-state index in [4.69, 9.17) is 9.84 Å². The first-order chi connectivity index (χ1) is 14.5. The highest BCUT2D eigenvalue weighted by Crippen LogP contribution is 2.27. The Morgan fingerprint density at radius 2 is 1.63 bits per heavy atom. The Balaban J connectivity index is 1.76. The van der Waals surface area contributed by atoms with Crippen LogP contribution in [0.15, 0.2) is 42.5 Å². The summed E-state index contributed by atoms with van der Waals surface area (Å²) in [4.78, 5) is 11.0. The van der Waals surface area contributed by atoms with Gasteiger partial charge in [-0.1, -0.05) is 77.0 Å². The summed E-state index contributed by atoms with van der Waals surface area (Å²) in [5, 5.41) is 18.5. The number of nitrogens with zero attached hydrogens (tertiary/aromatic N) is 1. The van der Waals surface area contributed by atoms with Crippen LogP contribution in [0.5, 0.6) is 5.75 Å². The molecule has 2 rings (SSSR count). The van der Waals surface area contributed by atoms with Crippen molar-refractivity contribution in [2.45, 2.75) is 65.2 Å². The summed E-state index contributed by atoms with van der Waals surface area (Å²) in [6.45, 7) is 5.21. The highest BCUT2D eigenvalue weighted by Gasteiger charge is 2.08. The van der Waals surface area contributed by atoms with Gasteiger partial charge in [0.05, 0.1) is 17.7 Å². The number of carbonyl (C=O) groups is 1. The Hall–Kier alpha value is -2.80. The Morgan fingerprint density at radius 1 is 1.00 bits per heavy atom. The lowest BCUT2D eigenvalue weighted by Gasteiger charge is -2.10. The summed E-state index contributed by atoms with van der Waals surface area (Å²) in [6, 6.07) is 14.4. The molecule has 4 nitrogen and oxygen atoms in total. The van der Waals surface area contributed by atoms with Crippen LogP contribution in [-0.2, 0) is 0 Å². The first-order valence-corrected chi connectivity index (χ1v) is 11.1. The summed E-state index contributed by atoms with van der Waals surface area (Å²) in [6.07, 6.45) is 9.95. The minimum Gasteiger partial charge on any atom is -0.492 e. The maximum Gasteiger partial charge on any atom is 0.335 e. The number of rotatable bonds is 13. The van der Waals surface area contributed by atoms with E-state index in [0.29, 0.717) is 17.9 Å². The lowest BCUT2D eigenvalue weighted by atomic mass is 10.00. The molecule has 1 N–H and O–H groups in total. The van der Waals surface area contributed by atoms with E-state index in [1.165, 1.54) is 38.5 Å². The third-order valence-corrected chi connectivity index (χ3v) is 5.61. The second-order valence-electron chi connectivity index (χ2n) is 7.98. The molecule has 0 aliphatic heterocycles. The van der Waals surface area contributed by atoms with E-state index in [-0.39, 0.29) is 5.56 Å². The molecule has 30 heavy (non-hydrogen) atoms. The molecule has 1 unspecified atom stereocenters. The zero-order valence-electron chi connectivity index (χ0n) is 18.2. The smallest absolute Gasteiger partial charge is 0.335 e. The number of carboxylic acid groups (broad SMARTS) is 1. The van der Waals surface area contributed by atoms with Gasteiger partial charge in [0.15, 0.2) is 0 Å². The molecular weight excluding hydrogens is 374 g/mol. The molecule has 0 bridgehead atoms. The number of ether oxygens (including phenoxy) is 1. The quantitative estimate of drug-likeness (QED) is 0.360. The molecule has 2 aromatic carbocycles. The predicted octanol–water partition coefficient (Wildman–Crippen LogP) is 7.08. The lowest BCUT2D eigenvalue weighted by Crippen LogP contribution is -1.99. The van der Waals surface area contributed by atoms with Crippen molar-refractivity contribution in [3.05, 3.63) is 53.6 Å². The SMILES string of the molecule is CCC(C)CCCCCCCCOc1ccc(-c2ccc(C(=O)O)cc2)cc1C#N. The van der Waals surface area contributed by atoms with E-state index in [1.54, 1.807) is 30.3 Å². The highest BCUT2D eigenvalue weighted by molar-refractivity contribution is 5.88. The van der Waals surface area contributed by atoms with Gasteiger partial charge in [-0.15, -0.1) is 0 Å². The molecule has 1 atom stereocenters. The second kappa shape index (κ2) is 12.7. The van der Waals surface area contributed by atoms with E-state index in [9.17, 15) is 10.1 Å². The Morgan fingerprint density at radius 3 is 2.27 bits per heavy atom. The average molecular weight is 408 g/mol. The summed E-state index contributed by atoms with van der Waals surface area (Å²) < 4.78 is 5.84. The highest BCUT2D eigenvalue weighted by atomic mass is 16.5. The van der Waals surface area contributed by atoms with Crippen molar-refractivity contribution in [3.63, 3.8) is 0 Å². The van der Waals surface area contributed by atoms with Gasteiger partial charge < -0.3 is 9.84 Å². The third-order valence-electron chi connectivity index (χ3n) is 5.61. The van der Waals surface area contributed by atoms with Gasteiger partial charge >= 0.3 is 5.97 Å². The van der Waals surface area contributed by atoms with Crippen molar-refractivity contribution in [1.29, 1.82) is 5.26 Å². The van der Waals surface area contributed by atoms with Gasteiger partial charge in [0.1, 0.15) is 11.8 Å². The Bertz CT molecular complexity index is 836. The van der Waals surface area contributed by atoms with Crippen LogP contribution in [0.3, 0.4) is 0 Å². The molecule has 0 radical (unpaired) electrons. The molecule has 0 aliphatic rings. The van der Waals surface area contributed by atoms with Crippen LogP contribution in [0.2, 0.25) is 0 Å². The fraction of sp³-hybridized carbons (Fsp3) is 0.462. The van der Waals surface area contributed by atoms with Crippen LogP contribution < -0.4 is 4.74 Å². The first-order valence-electron chi connectivity index (χ1n) is 11.1. The summed E-state index contributed by atoms with van der Waals surface area (Å²) in [5.74, 6) is 0.509. The van der Waals surface area contributed by atoms with Gasteiger partial charge in [0, 0.05) is 0 Å². The molecule has 0 saturated heterocycles. The van der Waals surface area contributed by atoms with E-state index in [0.717, 1.165) is 29.9 Å². The van der Waals surface area contributed by atoms with Gasteiger partial charge in [0.2, 0.25) is 0 Å². The molecule has 2 aromatic rings. The van der Waals surface area contributed by atoms with E-state index < -0.39 is 5.97 Å². The minimum absolute atomic E-state index is 0.245. The summed E-state index contributed by atoms with van der Waals surface area (Å²) in [5.41, 5.74) is 2.49. The number of benzene rings is 2. The number of hydrogen-bond acceptors (Lipinski definition) is 3. The van der Waals surface area contributed by atoms with Gasteiger partial charge in [-0.05, 0) is 47.7 Å². The Labute approximate surface area is 180 Å². The van der Waals surface area contributed by atoms with Gasteiger partial charge in [-0.2, -0.15) is 5.26 Å². The van der Waals surface area contributed by atoms with Gasteiger partial charge in [-0.3, -0.25) is 0 Å². The maximum absolute atomic E-state index is 11.0. The molecule has 0 spiro atoms. The monoisotopic (exact) mass is 407 g/mol. The first kappa shape index (κ1) is 23.5. The van der Waals surface area contributed by atoms with Crippen molar-refractivity contribution in [3.8, 4) is 22.9 Å². The largest absolute Gasteiger partial charge is 0.492 e. The maximum atomic E-state index is 11.0. The molecule has 0 fully saturated rings. The van der Waals surface area contributed by atoms with Crippen molar-refractivity contribution >= 4 is 5.97 Å². The van der Waals surface area contributed by atoms with Crippen LogP contribution in [0, 0.1) is 17.2 Å². The summed E-state index contributed by atoms with van der Waals surface area (Å²) in [7, 11) is 0. The van der Waals surface area contributed by atoms with Crippen LogP contribution in [0.4, 0.5) is 0 Å². The molecule has 0 saturated carbocycles. The minimum atomic E-state index is -0.950. The van der Waals surface area contributed by atoms with Crippen LogP contribution >= 0.6 is 0 Å². The number of hydrogen-bond donors (Lipinski definition) is 1. The fourth-order valence-electron chi connectivity index (χ4n) is 3.42. The van der Waals surface area contributed by atoms with Crippen molar-refractivity contribution in [2.24, 2.45) is 5.92 Å². The molecule has 4 heteroatoms. The van der Waals surface area contributed by atoms with Crippen LogP contribution in [-0.4, -0.2) is 17.7 Å². The van der Waals surface area contributed by atoms with Crippen LogP contribution in [0.25, 0.3) is 11.1 Å². The standard InChI is InChI=1S/C26H33NO3/c1-3-20(2)10-8-6-4-5-7-9-17-30-25-16-15-23(18-24(25)19-27)21-11-13-22(14-12-21)26(28)29/h11-16,18,20H,3-10,17H2,1-2H3,(H,28,29). The zero-order chi connectivity index (χ0) is 21.8. The normalized spacial score (nSPS) is 11.6. The zero-order valence-corrected chi connectivity index (χ0v) is 18.2. The molecule has 0 amide bonds. The van der Waals surface area contributed by atoms with Gasteiger partial charge in [0.25, 0.3) is 0 Å². The summed E-state index contributed by atoms with van der Waals surface area (Å²) >= 11 is 0. The molecular formula is C26H33NO3. The molecule has 0 aromatic heterocycles. The van der Waals surface area contributed by atoms with E-state index >= 15 is 0 Å². The average Bonchev–Trinajstić information content (AvgIpc) is 2.77. The fourth-order valence-corrected chi connectivity index (χ4v) is 3.42. The second-order valence-corrected chi connectivity index (χ2v) is 7.98. The number of nitriles is 1. The van der Waals surface area contributed by atoms with Crippen LogP contribution in [0.1, 0.15) is 81.1 Å². The molecule has 0 heterocycles. The molecule has 0 aliphatic carbocycles. The number of carboxylic acids is 1. The van der Waals surface area contributed by atoms with E-state index in [2.05, 4.69) is 19.9 Å². The van der Waals surface area contributed by atoms with E-state index in [1.807, 2.05) is 12.1 Å². The molecule has 160 valence electrons.